The summed E-state index contributed by atoms with van der Waals surface area (Å²) in [6, 6.07) is 13.2. The number of benzene rings is 2. The number of hydrogen-bond acceptors (Lipinski definition) is 9. The topological polar surface area (TPSA) is 112 Å². The van der Waals surface area contributed by atoms with Gasteiger partial charge in [-0.3, -0.25) is 4.79 Å². The molecule has 12 heteroatoms. The summed E-state index contributed by atoms with van der Waals surface area (Å²) in [5, 5.41) is 14.0. The largest absolute Gasteiger partial charge is 0.494 e. The van der Waals surface area contributed by atoms with E-state index in [9.17, 15) is 4.79 Å². The van der Waals surface area contributed by atoms with Crippen LogP contribution in [0.2, 0.25) is 5.02 Å². The Morgan fingerprint density at radius 3 is 2.60 bits per heavy atom. The van der Waals surface area contributed by atoms with Gasteiger partial charge >= 0.3 is 0 Å². The number of carbonyl (C=O) groups is 1. The first-order valence-electron chi connectivity index (χ1n) is 12.5. The van der Waals surface area contributed by atoms with Crippen molar-refractivity contribution >= 4 is 52.0 Å². The van der Waals surface area contributed by atoms with Crippen molar-refractivity contribution in [3.8, 4) is 11.4 Å². The highest BCUT2D eigenvalue weighted by atomic mass is 35.5. The minimum Gasteiger partial charge on any atom is -0.494 e. The average molecular weight is 562 g/mol. The van der Waals surface area contributed by atoms with Crippen LogP contribution >= 0.6 is 11.6 Å². The number of aromatic nitrogens is 4. The fraction of sp³-hybridized carbons (Fsp3) is 0.214. The van der Waals surface area contributed by atoms with Crippen molar-refractivity contribution in [3.05, 3.63) is 78.7 Å². The second kappa shape index (κ2) is 13.0. The van der Waals surface area contributed by atoms with Gasteiger partial charge in [0.15, 0.2) is 5.82 Å². The zero-order chi connectivity index (χ0) is 28.6. The molecule has 2 aromatic heterocycles. The third kappa shape index (κ3) is 6.87. The lowest BCUT2D eigenvalue weighted by molar-refractivity contribution is -0.111. The minimum atomic E-state index is -0.330. The SMILES string of the molecule is C=CC(=O)Nc1cc(Nc2ncc(Cl)c(Nc3ccccc3-n3cccn3)n2)c(OC)cc1N(C)CCN(C)C. The van der Waals surface area contributed by atoms with Crippen LogP contribution in [-0.2, 0) is 4.79 Å². The maximum atomic E-state index is 12.3. The van der Waals surface area contributed by atoms with Gasteiger partial charge in [0.05, 0.1) is 41.7 Å². The zero-order valence-electron chi connectivity index (χ0n) is 22.8. The fourth-order valence-electron chi connectivity index (χ4n) is 3.86. The summed E-state index contributed by atoms with van der Waals surface area (Å²) >= 11 is 6.46. The molecule has 40 heavy (non-hydrogen) atoms. The van der Waals surface area contributed by atoms with Crippen molar-refractivity contribution in [2.75, 3.05) is 62.2 Å². The van der Waals surface area contributed by atoms with E-state index < -0.39 is 0 Å². The number of nitrogens with one attached hydrogen (secondary N) is 3. The van der Waals surface area contributed by atoms with Crippen LogP contribution in [0.15, 0.2) is 73.7 Å². The van der Waals surface area contributed by atoms with Crippen molar-refractivity contribution < 1.29 is 9.53 Å². The summed E-state index contributed by atoms with van der Waals surface area (Å²) < 4.78 is 7.44. The van der Waals surface area contributed by atoms with Gasteiger partial charge in [0.1, 0.15) is 10.8 Å². The molecule has 0 unspecified atom stereocenters. The maximum absolute atomic E-state index is 12.3. The number of anilines is 6. The first kappa shape index (κ1) is 28.4. The van der Waals surface area contributed by atoms with E-state index in [2.05, 4.69) is 42.5 Å². The van der Waals surface area contributed by atoms with Gasteiger partial charge in [-0.25, -0.2) is 9.67 Å². The molecule has 1 amide bonds. The molecular weight excluding hydrogens is 530 g/mol. The van der Waals surface area contributed by atoms with Crippen molar-refractivity contribution in [2.45, 2.75) is 0 Å². The molecular formula is C28H32ClN9O2. The maximum Gasteiger partial charge on any atom is 0.247 e. The van der Waals surface area contributed by atoms with Gasteiger partial charge in [0.25, 0.3) is 0 Å². The lowest BCUT2D eigenvalue weighted by Crippen LogP contribution is -2.29. The summed E-state index contributed by atoms with van der Waals surface area (Å²) in [4.78, 5) is 25.3. The van der Waals surface area contributed by atoms with E-state index >= 15 is 0 Å². The van der Waals surface area contributed by atoms with Crippen LogP contribution in [0.4, 0.5) is 34.5 Å². The van der Waals surface area contributed by atoms with Crippen LogP contribution in [-0.4, -0.2) is 71.9 Å². The number of nitrogens with zero attached hydrogens (tertiary/aromatic N) is 6. The molecule has 0 radical (unpaired) electrons. The van der Waals surface area contributed by atoms with E-state index in [1.165, 1.54) is 12.3 Å². The highest BCUT2D eigenvalue weighted by molar-refractivity contribution is 6.33. The van der Waals surface area contributed by atoms with E-state index in [4.69, 9.17) is 16.3 Å². The quantitative estimate of drug-likeness (QED) is 0.207. The Kier molecular flexibility index (Phi) is 9.20. The van der Waals surface area contributed by atoms with Crippen LogP contribution in [0, 0.1) is 0 Å². The first-order valence-corrected chi connectivity index (χ1v) is 12.8. The molecule has 0 fully saturated rings. The van der Waals surface area contributed by atoms with Crippen molar-refractivity contribution in [1.82, 2.24) is 24.6 Å². The second-order valence-corrected chi connectivity index (χ2v) is 9.50. The molecule has 0 aliphatic carbocycles. The molecule has 11 nitrogen and oxygen atoms in total. The van der Waals surface area contributed by atoms with Crippen molar-refractivity contribution in [2.24, 2.45) is 0 Å². The van der Waals surface area contributed by atoms with E-state index in [0.29, 0.717) is 28.0 Å². The van der Waals surface area contributed by atoms with Gasteiger partial charge in [-0.15, -0.1) is 0 Å². The zero-order valence-corrected chi connectivity index (χ0v) is 23.6. The molecule has 4 rings (SSSR count). The van der Waals surface area contributed by atoms with Gasteiger partial charge in [-0.05, 0) is 44.4 Å². The van der Waals surface area contributed by atoms with Gasteiger partial charge in [0.2, 0.25) is 11.9 Å². The first-order chi connectivity index (χ1) is 19.3. The van der Waals surface area contributed by atoms with Crippen LogP contribution in [0.25, 0.3) is 5.69 Å². The van der Waals surface area contributed by atoms with Crippen LogP contribution in [0.3, 0.4) is 0 Å². The molecule has 0 bridgehead atoms. The Morgan fingerprint density at radius 1 is 1.10 bits per heavy atom. The predicted octanol–water partition coefficient (Wildman–Crippen LogP) is 4.93. The molecule has 4 aromatic rings. The highest BCUT2D eigenvalue weighted by Gasteiger charge is 2.17. The number of para-hydroxylation sites is 2. The van der Waals surface area contributed by atoms with Gasteiger partial charge < -0.3 is 30.5 Å². The van der Waals surface area contributed by atoms with Crippen molar-refractivity contribution in [3.63, 3.8) is 0 Å². The smallest absolute Gasteiger partial charge is 0.247 e. The molecule has 0 saturated carbocycles. The summed E-state index contributed by atoms with van der Waals surface area (Å²) in [7, 11) is 7.55. The van der Waals surface area contributed by atoms with Crippen LogP contribution in [0.5, 0.6) is 5.75 Å². The third-order valence-electron chi connectivity index (χ3n) is 5.95. The number of ether oxygens (including phenoxy) is 1. The number of hydrogen-bond donors (Lipinski definition) is 3. The summed E-state index contributed by atoms with van der Waals surface area (Å²) in [5.41, 5.74) is 3.51. The Hall–Kier alpha value is -4.61. The molecule has 0 saturated heterocycles. The molecule has 0 spiro atoms. The molecule has 0 aliphatic rings. The van der Waals surface area contributed by atoms with Gasteiger partial charge in [-0.2, -0.15) is 10.1 Å². The summed E-state index contributed by atoms with van der Waals surface area (Å²) in [6.45, 7) is 5.13. The number of likely N-dealkylation sites (N-methyl/N-ethyl adjacent to an activating group) is 2. The Labute approximate surface area is 238 Å². The minimum absolute atomic E-state index is 0.275. The second-order valence-electron chi connectivity index (χ2n) is 9.10. The molecule has 3 N–H and O–H groups in total. The molecule has 2 aromatic carbocycles. The summed E-state index contributed by atoms with van der Waals surface area (Å²) in [5.74, 6) is 0.887. The molecule has 0 atom stereocenters. The Bertz CT molecular complexity index is 1470. The molecule has 208 valence electrons. The predicted molar refractivity (Wildman–Crippen MR) is 161 cm³/mol. The monoisotopic (exact) mass is 561 g/mol. The number of methoxy groups -OCH3 is 1. The number of halogens is 1. The third-order valence-corrected chi connectivity index (χ3v) is 6.23. The van der Waals surface area contributed by atoms with E-state index in [-0.39, 0.29) is 11.9 Å². The summed E-state index contributed by atoms with van der Waals surface area (Å²) in [6.07, 6.45) is 6.29. The van der Waals surface area contributed by atoms with Gasteiger partial charge in [0, 0.05) is 38.6 Å². The molecule has 0 aliphatic heterocycles. The number of rotatable bonds is 12. The number of carbonyl (C=O) groups excluding carboxylic acids is 1. The van der Waals surface area contributed by atoms with E-state index in [1.807, 2.05) is 68.6 Å². The van der Waals surface area contributed by atoms with E-state index in [0.717, 1.165) is 30.2 Å². The lowest BCUT2D eigenvalue weighted by Gasteiger charge is -2.26. The fourth-order valence-corrected chi connectivity index (χ4v) is 4.00. The van der Waals surface area contributed by atoms with Crippen LogP contribution in [0.1, 0.15) is 0 Å². The van der Waals surface area contributed by atoms with Gasteiger partial charge in [-0.1, -0.05) is 30.3 Å². The van der Waals surface area contributed by atoms with Crippen LogP contribution < -0.4 is 25.6 Å². The van der Waals surface area contributed by atoms with E-state index in [1.54, 1.807) is 24.1 Å². The standard InChI is InChI=1S/C28H32ClN9O2/c1-6-26(39)32-21-16-22(25(40-5)17-24(21)37(4)15-14-36(2)3)34-28-30-18-19(29)27(35-28)33-20-10-7-8-11-23(20)38-13-9-12-31-38/h6-13,16-18H,1,14-15H2,2-5H3,(H,32,39)(H2,30,33,34,35). The Balaban J connectivity index is 1.66. The highest BCUT2D eigenvalue weighted by Crippen LogP contribution is 2.38. The lowest BCUT2D eigenvalue weighted by atomic mass is 10.2. The normalized spacial score (nSPS) is 10.8. The number of amides is 1. The van der Waals surface area contributed by atoms with Crippen molar-refractivity contribution in [1.29, 1.82) is 0 Å². The average Bonchev–Trinajstić information content (AvgIpc) is 3.49. The molecule has 2 heterocycles. The Morgan fingerprint density at radius 2 is 1.90 bits per heavy atom.